The quantitative estimate of drug-likeness (QED) is 0.862. The van der Waals surface area contributed by atoms with Crippen molar-refractivity contribution >= 4 is 17.3 Å². The molecule has 106 valence electrons. The summed E-state index contributed by atoms with van der Waals surface area (Å²) in [6.07, 6.45) is 1.41. The number of hydrogen-bond donors (Lipinski definition) is 1. The van der Waals surface area contributed by atoms with Crippen molar-refractivity contribution in [2.75, 3.05) is 7.11 Å². The molecule has 0 spiro atoms. The summed E-state index contributed by atoms with van der Waals surface area (Å²) in [6.45, 7) is 4.69. The maximum absolute atomic E-state index is 12.2. The Balaban J connectivity index is 2.12. The van der Waals surface area contributed by atoms with Gasteiger partial charge < -0.3 is 9.47 Å². The number of carbonyl (C=O) groups excluding carboxylic acids is 1. The largest absolute Gasteiger partial charge is 0.468 e. The molecule has 0 radical (unpaired) electrons. The van der Waals surface area contributed by atoms with Gasteiger partial charge in [0.2, 0.25) is 0 Å². The number of esters is 1. The molecule has 19 heavy (non-hydrogen) atoms. The van der Waals surface area contributed by atoms with Crippen molar-refractivity contribution < 1.29 is 14.3 Å². The zero-order valence-electron chi connectivity index (χ0n) is 11.6. The van der Waals surface area contributed by atoms with Crippen LogP contribution in [0.15, 0.2) is 17.5 Å². The minimum absolute atomic E-state index is 0.0543. The fourth-order valence-electron chi connectivity index (χ4n) is 2.81. The molecule has 5 heteroatoms. The minimum Gasteiger partial charge on any atom is -0.468 e. The molecule has 1 N–H and O–H groups in total. The van der Waals surface area contributed by atoms with Crippen molar-refractivity contribution in [3.8, 4) is 0 Å². The maximum Gasteiger partial charge on any atom is 0.326 e. The normalized spacial score (nSPS) is 31.1. The third kappa shape index (κ3) is 3.35. The molecule has 0 bridgehead atoms. The van der Waals surface area contributed by atoms with Crippen LogP contribution in [0.4, 0.5) is 0 Å². The Kier molecular flexibility index (Phi) is 4.60. The van der Waals surface area contributed by atoms with Crippen molar-refractivity contribution in [3.63, 3.8) is 0 Å². The Morgan fingerprint density at radius 3 is 2.74 bits per heavy atom. The van der Waals surface area contributed by atoms with Crippen LogP contribution in [0.3, 0.4) is 0 Å². The van der Waals surface area contributed by atoms with Gasteiger partial charge in [-0.3, -0.25) is 10.1 Å². The molecular formula is C14H21NO3S. The van der Waals surface area contributed by atoms with E-state index in [0.717, 1.165) is 0 Å². The van der Waals surface area contributed by atoms with Crippen LogP contribution in [0.1, 0.15) is 31.6 Å². The first-order chi connectivity index (χ1) is 9.05. The summed E-state index contributed by atoms with van der Waals surface area (Å²) < 4.78 is 10.7. The van der Waals surface area contributed by atoms with Crippen molar-refractivity contribution in [2.24, 2.45) is 0 Å². The van der Waals surface area contributed by atoms with Crippen molar-refractivity contribution in [1.82, 2.24) is 5.32 Å². The van der Waals surface area contributed by atoms with E-state index in [4.69, 9.17) is 9.47 Å². The summed E-state index contributed by atoms with van der Waals surface area (Å²) in [4.78, 5) is 13.4. The highest BCUT2D eigenvalue weighted by atomic mass is 32.1. The lowest BCUT2D eigenvalue weighted by molar-refractivity contribution is -0.159. The number of methoxy groups -OCH3 is 1. The topological polar surface area (TPSA) is 47.6 Å². The summed E-state index contributed by atoms with van der Waals surface area (Å²) in [5, 5.41) is 5.44. The second-order valence-electron chi connectivity index (χ2n) is 5.17. The second-order valence-corrected chi connectivity index (χ2v) is 6.20. The first-order valence-corrected chi connectivity index (χ1v) is 7.45. The monoisotopic (exact) mass is 283 g/mol. The number of carbonyl (C=O) groups is 1. The van der Waals surface area contributed by atoms with E-state index in [0.29, 0.717) is 19.4 Å². The van der Waals surface area contributed by atoms with Gasteiger partial charge in [0.05, 0.1) is 19.3 Å². The second kappa shape index (κ2) is 6.03. The molecule has 0 saturated carbocycles. The summed E-state index contributed by atoms with van der Waals surface area (Å²) in [6, 6.07) is 4.08. The number of hydrogen-bond acceptors (Lipinski definition) is 5. The molecule has 1 aromatic rings. The van der Waals surface area contributed by atoms with Gasteiger partial charge in [-0.1, -0.05) is 6.07 Å². The molecule has 0 aromatic carbocycles. The lowest BCUT2D eigenvalue weighted by atomic mass is 9.84. The SMILES string of the molecule is COC(=O)C1(NCc2cccs2)CC(C)OC(C)C1. The van der Waals surface area contributed by atoms with Gasteiger partial charge in [0, 0.05) is 24.3 Å². The zero-order chi connectivity index (χ0) is 13.9. The van der Waals surface area contributed by atoms with Gasteiger partial charge in [-0.05, 0) is 25.3 Å². The van der Waals surface area contributed by atoms with Crippen LogP contribution in [0.5, 0.6) is 0 Å². The molecule has 2 heterocycles. The fraction of sp³-hybridized carbons (Fsp3) is 0.643. The van der Waals surface area contributed by atoms with E-state index in [2.05, 4.69) is 11.4 Å². The Morgan fingerprint density at radius 2 is 2.21 bits per heavy atom. The van der Waals surface area contributed by atoms with Gasteiger partial charge in [-0.15, -0.1) is 11.3 Å². The van der Waals surface area contributed by atoms with E-state index in [1.165, 1.54) is 12.0 Å². The van der Waals surface area contributed by atoms with Crippen LogP contribution in [0, 0.1) is 0 Å². The molecular weight excluding hydrogens is 262 g/mol. The Hall–Kier alpha value is -0.910. The van der Waals surface area contributed by atoms with Gasteiger partial charge in [-0.25, -0.2) is 0 Å². The standard InChI is InChI=1S/C14H21NO3S/c1-10-7-14(13(16)17-3,8-11(2)18-10)15-9-12-5-4-6-19-12/h4-6,10-11,15H,7-9H2,1-3H3. The van der Waals surface area contributed by atoms with Gasteiger partial charge in [-0.2, -0.15) is 0 Å². The average Bonchev–Trinajstić information content (AvgIpc) is 2.87. The third-order valence-electron chi connectivity index (χ3n) is 3.49. The number of ether oxygens (including phenoxy) is 2. The Labute approximate surface area is 118 Å². The van der Waals surface area contributed by atoms with E-state index >= 15 is 0 Å². The number of rotatable bonds is 4. The fourth-order valence-corrected chi connectivity index (χ4v) is 3.45. The van der Waals surface area contributed by atoms with Crippen LogP contribution in [0.25, 0.3) is 0 Å². The Morgan fingerprint density at radius 1 is 1.53 bits per heavy atom. The van der Waals surface area contributed by atoms with E-state index < -0.39 is 5.54 Å². The van der Waals surface area contributed by atoms with Crippen molar-refractivity contribution in [1.29, 1.82) is 0 Å². The smallest absolute Gasteiger partial charge is 0.326 e. The molecule has 1 fully saturated rings. The van der Waals surface area contributed by atoms with Crippen LogP contribution in [0.2, 0.25) is 0 Å². The predicted octanol–water partition coefficient (Wildman–Crippen LogP) is 2.34. The minimum atomic E-state index is -0.629. The van der Waals surface area contributed by atoms with Gasteiger partial charge >= 0.3 is 5.97 Å². The molecule has 1 saturated heterocycles. The lowest BCUT2D eigenvalue weighted by Crippen LogP contribution is -2.58. The molecule has 2 atom stereocenters. The summed E-state index contributed by atoms with van der Waals surface area (Å²) in [5.74, 6) is -0.189. The molecule has 2 unspecified atom stereocenters. The number of thiophene rings is 1. The summed E-state index contributed by atoms with van der Waals surface area (Å²) >= 11 is 1.69. The van der Waals surface area contributed by atoms with E-state index in [1.807, 2.05) is 25.3 Å². The molecule has 1 aliphatic rings. The summed E-state index contributed by atoms with van der Waals surface area (Å²) in [7, 11) is 1.45. The van der Waals surface area contributed by atoms with Crippen molar-refractivity contribution in [3.05, 3.63) is 22.4 Å². The van der Waals surface area contributed by atoms with Gasteiger partial charge in [0.1, 0.15) is 5.54 Å². The highest BCUT2D eigenvalue weighted by molar-refractivity contribution is 7.09. The molecule has 0 aliphatic carbocycles. The average molecular weight is 283 g/mol. The van der Waals surface area contributed by atoms with Crippen LogP contribution in [-0.2, 0) is 20.8 Å². The van der Waals surface area contributed by atoms with E-state index in [-0.39, 0.29) is 18.2 Å². The summed E-state index contributed by atoms with van der Waals surface area (Å²) in [5.41, 5.74) is -0.629. The zero-order valence-corrected chi connectivity index (χ0v) is 12.5. The van der Waals surface area contributed by atoms with E-state index in [9.17, 15) is 4.79 Å². The first kappa shape index (κ1) is 14.5. The predicted molar refractivity (Wildman–Crippen MR) is 75.1 cm³/mol. The van der Waals surface area contributed by atoms with Crippen LogP contribution in [-0.4, -0.2) is 30.8 Å². The number of nitrogens with one attached hydrogen (secondary N) is 1. The molecule has 1 aromatic heterocycles. The van der Waals surface area contributed by atoms with E-state index in [1.54, 1.807) is 11.3 Å². The van der Waals surface area contributed by atoms with Gasteiger partial charge in [0.25, 0.3) is 0 Å². The highest BCUT2D eigenvalue weighted by Crippen LogP contribution is 2.30. The molecule has 0 amide bonds. The van der Waals surface area contributed by atoms with Crippen molar-refractivity contribution in [2.45, 2.75) is 51.0 Å². The molecule has 4 nitrogen and oxygen atoms in total. The Bertz CT molecular complexity index is 408. The lowest BCUT2D eigenvalue weighted by Gasteiger charge is -2.41. The molecule has 1 aliphatic heterocycles. The molecule has 2 rings (SSSR count). The van der Waals surface area contributed by atoms with Gasteiger partial charge in [0.15, 0.2) is 0 Å². The van der Waals surface area contributed by atoms with Crippen LogP contribution < -0.4 is 5.32 Å². The highest BCUT2D eigenvalue weighted by Gasteiger charge is 2.45. The third-order valence-corrected chi connectivity index (χ3v) is 4.37. The van der Waals surface area contributed by atoms with Crippen LogP contribution >= 0.6 is 11.3 Å². The first-order valence-electron chi connectivity index (χ1n) is 6.57. The maximum atomic E-state index is 12.2.